The molecule has 0 aliphatic rings. The minimum atomic E-state index is 0.442. The lowest BCUT2D eigenvalue weighted by Gasteiger charge is -2.24. The molecule has 1 N–H and O–H groups in total. The highest BCUT2D eigenvalue weighted by Gasteiger charge is 2.16. The molecule has 0 aromatic heterocycles. The number of hydrogen-bond donors (Lipinski definition) is 1. The van der Waals surface area contributed by atoms with Crippen LogP contribution >= 0.6 is 0 Å². The van der Waals surface area contributed by atoms with Crippen LogP contribution < -0.4 is 5.32 Å². The average Bonchev–Trinajstić information content (AvgIpc) is 2.28. The van der Waals surface area contributed by atoms with E-state index in [1.165, 1.54) is 24.8 Å². The number of rotatable bonds is 7. The third-order valence-electron chi connectivity index (χ3n) is 3.16. The van der Waals surface area contributed by atoms with Crippen molar-refractivity contribution in [1.29, 1.82) is 0 Å². The second kappa shape index (κ2) is 6.70. The molecule has 0 saturated heterocycles. The van der Waals surface area contributed by atoms with Gasteiger partial charge in [0.15, 0.2) is 0 Å². The van der Waals surface area contributed by atoms with Gasteiger partial charge in [-0.1, -0.05) is 51.1 Å². The Labute approximate surface area is 100 Å². The van der Waals surface area contributed by atoms with Crippen molar-refractivity contribution >= 4 is 0 Å². The molecule has 1 aromatic carbocycles. The predicted molar refractivity (Wildman–Crippen MR) is 71.7 cm³/mol. The van der Waals surface area contributed by atoms with Crippen molar-refractivity contribution in [1.82, 2.24) is 5.32 Å². The minimum absolute atomic E-state index is 0.442. The molecule has 0 amide bonds. The van der Waals surface area contributed by atoms with E-state index in [4.69, 9.17) is 0 Å². The van der Waals surface area contributed by atoms with Gasteiger partial charge >= 0.3 is 0 Å². The van der Waals surface area contributed by atoms with Gasteiger partial charge in [-0.05, 0) is 43.3 Å². The van der Waals surface area contributed by atoms with Gasteiger partial charge in [-0.3, -0.25) is 0 Å². The zero-order valence-electron chi connectivity index (χ0n) is 10.9. The van der Waals surface area contributed by atoms with Crippen molar-refractivity contribution in [2.24, 2.45) is 5.41 Å². The molecule has 16 heavy (non-hydrogen) atoms. The molecule has 1 rings (SSSR count). The zero-order valence-corrected chi connectivity index (χ0v) is 10.9. The molecular formula is C15H25N. The van der Waals surface area contributed by atoms with E-state index >= 15 is 0 Å². The van der Waals surface area contributed by atoms with Crippen molar-refractivity contribution in [3.05, 3.63) is 35.9 Å². The van der Waals surface area contributed by atoms with Gasteiger partial charge < -0.3 is 5.32 Å². The lowest BCUT2D eigenvalue weighted by atomic mass is 9.83. The number of nitrogens with one attached hydrogen (secondary N) is 1. The van der Waals surface area contributed by atoms with E-state index in [-0.39, 0.29) is 0 Å². The van der Waals surface area contributed by atoms with Crippen LogP contribution in [0.15, 0.2) is 30.3 Å². The summed E-state index contributed by atoms with van der Waals surface area (Å²) in [6.07, 6.45) is 3.72. The van der Waals surface area contributed by atoms with E-state index in [2.05, 4.69) is 56.4 Å². The average molecular weight is 219 g/mol. The second-order valence-electron chi connectivity index (χ2n) is 5.25. The van der Waals surface area contributed by atoms with Crippen molar-refractivity contribution in [3.63, 3.8) is 0 Å². The van der Waals surface area contributed by atoms with Crippen LogP contribution in [0.3, 0.4) is 0 Å². The predicted octanol–water partition coefficient (Wildman–Crippen LogP) is 3.65. The molecule has 0 heterocycles. The third kappa shape index (κ3) is 5.32. The van der Waals surface area contributed by atoms with Crippen LogP contribution in [0.25, 0.3) is 0 Å². The molecule has 90 valence electrons. The molecule has 0 radical (unpaired) electrons. The Morgan fingerprint density at radius 2 is 1.75 bits per heavy atom. The normalized spacial score (nSPS) is 11.7. The first-order chi connectivity index (χ1) is 7.64. The molecule has 0 bridgehead atoms. The summed E-state index contributed by atoms with van der Waals surface area (Å²) in [7, 11) is 0. The van der Waals surface area contributed by atoms with Gasteiger partial charge in [0.05, 0.1) is 0 Å². The molecule has 0 unspecified atom stereocenters. The van der Waals surface area contributed by atoms with E-state index in [0.29, 0.717) is 5.41 Å². The summed E-state index contributed by atoms with van der Waals surface area (Å²) in [5, 5.41) is 3.40. The van der Waals surface area contributed by atoms with Crippen molar-refractivity contribution in [3.8, 4) is 0 Å². The topological polar surface area (TPSA) is 12.0 Å². The molecule has 0 spiro atoms. The molecule has 0 fully saturated rings. The van der Waals surface area contributed by atoms with Gasteiger partial charge in [0.1, 0.15) is 0 Å². The van der Waals surface area contributed by atoms with Crippen LogP contribution in [0.1, 0.15) is 39.2 Å². The van der Waals surface area contributed by atoms with E-state index in [1.54, 1.807) is 0 Å². The van der Waals surface area contributed by atoms with E-state index in [0.717, 1.165) is 13.1 Å². The lowest BCUT2D eigenvalue weighted by Crippen LogP contribution is -2.22. The van der Waals surface area contributed by atoms with Gasteiger partial charge in [-0.2, -0.15) is 0 Å². The van der Waals surface area contributed by atoms with Crippen LogP contribution in [-0.4, -0.2) is 13.1 Å². The molecule has 1 aromatic rings. The van der Waals surface area contributed by atoms with Crippen LogP contribution in [0.5, 0.6) is 0 Å². The Morgan fingerprint density at radius 3 is 2.38 bits per heavy atom. The molecule has 1 heteroatoms. The van der Waals surface area contributed by atoms with Crippen LogP contribution in [0, 0.1) is 5.41 Å². The second-order valence-corrected chi connectivity index (χ2v) is 5.25. The van der Waals surface area contributed by atoms with Crippen molar-refractivity contribution in [2.75, 3.05) is 13.1 Å². The standard InChI is InChI=1S/C15H25N/c1-4-16-13-12-15(2,3)11-10-14-8-6-5-7-9-14/h5-9,16H,4,10-13H2,1-3H3. The van der Waals surface area contributed by atoms with Crippen LogP contribution in [0.2, 0.25) is 0 Å². The van der Waals surface area contributed by atoms with E-state index in [1.807, 2.05) is 0 Å². The first kappa shape index (κ1) is 13.2. The smallest absolute Gasteiger partial charge is 0.00439 e. The van der Waals surface area contributed by atoms with Gasteiger partial charge in [0.25, 0.3) is 0 Å². The van der Waals surface area contributed by atoms with Crippen molar-refractivity contribution in [2.45, 2.75) is 40.0 Å². The monoisotopic (exact) mass is 219 g/mol. The molecule has 1 nitrogen and oxygen atoms in total. The highest BCUT2D eigenvalue weighted by molar-refractivity contribution is 5.14. The lowest BCUT2D eigenvalue weighted by molar-refractivity contribution is 0.303. The minimum Gasteiger partial charge on any atom is -0.317 e. The Kier molecular flexibility index (Phi) is 5.54. The van der Waals surface area contributed by atoms with E-state index < -0.39 is 0 Å². The molecule has 0 aliphatic heterocycles. The summed E-state index contributed by atoms with van der Waals surface area (Å²) >= 11 is 0. The summed E-state index contributed by atoms with van der Waals surface area (Å²) in [6.45, 7) is 9.12. The van der Waals surface area contributed by atoms with E-state index in [9.17, 15) is 0 Å². The first-order valence-electron chi connectivity index (χ1n) is 6.39. The number of aryl methyl sites for hydroxylation is 1. The Morgan fingerprint density at radius 1 is 1.06 bits per heavy atom. The maximum Gasteiger partial charge on any atom is -0.00439 e. The largest absolute Gasteiger partial charge is 0.317 e. The van der Waals surface area contributed by atoms with Gasteiger partial charge in [-0.15, -0.1) is 0 Å². The Hall–Kier alpha value is -0.820. The summed E-state index contributed by atoms with van der Waals surface area (Å²) in [5.41, 5.74) is 1.90. The summed E-state index contributed by atoms with van der Waals surface area (Å²) in [5.74, 6) is 0. The third-order valence-corrected chi connectivity index (χ3v) is 3.16. The van der Waals surface area contributed by atoms with Gasteiger partial charge in [0, 0.05) is 0 Å². The summed E-state index contributed by atoms with van der Waals surface area (Å²) in [6, 6.07) is 10.8. The quantitative estimate of drug-likeness (QED) is 0.690. The highest BCUT2D eigenvalue weighted by Crippen LogP contribution is 2.26. The fraction of sp³-hybridized carbons (Fsp3) is 0.600. The fourth-order valence-electron chi connectivity index (χ4n) is 1.86. The SMILES string of the molecule is CCNCCC(C)(C)CCc1ccccc1. The molecule has 0 atom stereocenters. The molecule has 0 aliphatic carbocycles. The maximum absolute atomic E-state index is 3.40. The van der Waals surface area contributed by atoms with Crippen molar-refractivity contribution < 1.29 is 0 Å². The van der Waals surface area contributed by atoms with Gasteiger partial charge in [0.2, 0.25) is 0 Å². The first-order valence-corrected chi connectivity index (χ1v) is 6.39. The van der Waals surface area contributed by atoms with Crippen LogP contribution in [-0.2, 0) is 6.42 Å². The Bertz CT molecular complexity index is 277. The molecular weight excluding hydrogens is 194 g/mol. The number of benzene rings is 1. The molecule has 0 saturated carbocycles. The summed E-state index contributed by atoms with van der Waals surface area (Å²) < 4.78 is 0. The highest BCUT2D eigenvalue weighted by atomic mass is 14.8. The summed E-state index contributed by atoms with van der Waals surface area (Å²) in [4.78, 5) is 0. The number of hydrogen-bond acceptors (Lipinski definition) is 1. The van der Waals surface area contributed by atoms with Crippen LogP contribution in [0.4, 0.5) is 0 Å². The Balaban J connectivity index is 2.30. The zero-order chi connectivity index (χ0) is 11.9. The fourth-order valence-corrected chi connectivity index (χ4v) is 1.86. The maximum atomic E-state index is 3.40. The van der Waals surface area contributed by atoms with Gasteiger partial charge in [-0.25, -0.2) is 0 Å².